The molecule has 2 aliphatic rings. The van der Waals surface area contributed by atoms with Crippen LogP contribution in [0.15, 0.2) is 36.9 Å². The van der Waals surface area contributed by atoms with E-state index in [1.165, 1.54) is 34.1 Å². The van der Waals surface area contributed by atoms with Gasteiger partial charge in [0.2, 0.25) is 0 Å². The van der Waals surface area contributed by atoms with E-state index >= 15 is 0 Å². The van der Waals surface area contributed by atoms with Crippen LogP contribution in [-0.4, -0.2) is 65.5 Å². The first-order chi connectivity index (χ1) is 14.9. The van der Waals surface area contributed by atoms with Crippen LogP contribution in [0.25, 0.3) is 0 Å². The molecule has 1 atom stereocenters. The summed E-state index contributed by atoms with van der Waals surface area (Å²) < 4.78 is 13.7. The van der Waals surface area contributed by atoms with Gasteiger partial charge in [-0.2, -0.15) is 0 Å². The maximum absolute atomic E-state index is 13.7. The van der Waals surface area contributed by atoms with E-state index in [9.17, 15) is 18.8 Å². The van der Waals surface area contributed by atoms with Crippen LogP contribution in [0, 0.1) is 5.82 Å². The summed E-state index contributed by atoms with van der Waals surface area (Å²) in [6, 6.07) is 4.95. The van der Waals surface area contributed by atoms with Gasteiger partial charge >= 0.3 is 6.03 Å². The maximum Gasteiger partial charge on any atom is 0.319 e. The van der Waals surface area contributed by atoms with Gasteiger partial charge in [0.25, 0.3) is 11.8 Å². The predicted molar refractivity (Wildman–Crippen MR) is 115 cm³/mol. The topological polar surface area (TPSA) is 108 Å². The molecular weight excluding hydrogens is 401 g/mol. The number of nitrogens with one attached hydrogen (secondary N) is 2. The Morgan fingerprint density at radius 1 is 1.16 bits per heavy atom. The molecule has 1 saturated carbocycles. The zero-order chi connectivity index (χ0) is 22.4. The van der Waals surface area contributed by atoms with E-state index in [1.807, 2.05) is 0 Å². The Morgan fingerprint density at radius 2 is 1.87 bits per heavy atom. The Balaban J connectivity index is 1.84. The molecule has 1 unspecified atom stereocenters. The second kappa shape index (κ2) is 10.4. The minimum atomic E-state index is -1.12. The normalized spacial score (nSPS) is 23.7. The minimum Gasteiger partial charge on any atom is -0.350 e. The highest BCUT2D eigenvalue weighted by Gasteiger charge is 2.41. The third-order valence-corrected chi connectivity index (χ3v) is 5.73. The van der Waals surface area contributed by atoms with E-state index in [-0.39, 0.29) is 30.7 Å². The second-order valence-electron chi connectivity index (χ2n) is 8.02. The number of nitrogens with two attached hydrogens (primary N) is 1. The molecule has 168 valence electrons. The first-order valence-electron chi connectivity index (χ1n) is 10.7. The molecule has 0 aromatic heterocycles. The Labute approximate surface area is 181 Å². The fourth-order valence-electron chi connectivity index (χ4n) is 4.12. The van der Waals surface area contributed by atoms with E-state index in [2.05, 4.69) is 17.2 Å². The molecule has 9 heteroatoms. The summed E-state index contributed by atoms with van der Waals surface area (Å²) in [6.45, 7) is 4.43. The lowest BCUT2D eigenvalue weighted by molar-refractivity contribution is -0.133. The Hall–Kier alpha value is -2.94. The molecule has 8 nitrogen and oxygen atoms in total. The molecule has 0 bridgehead atoms. The highest BCUT2D eigenvalue weighted by Crippen LogP contribution is 2.21. The number of carbonyl (C=O) groups is 3. The summed E-state index contributed by atoms with van der Waals surface area (Å²) in [5.74, 6) is -1.45. The number of halogens is 1. The van der Waals surface area contributed by atoms with E-state index in [0.717, 1.165) is 31.7 Å². The lowest BCUT2D eigenvalue weighted by Gasteiger charge is -2.43. The van der Waals surface area contributed by atoms with Gasteiger partial charge in [-0.05, 0) is 50.3 Å². The fourth-order valence-corrected chi connectivity index (χ4v) is 4.12. The van der Waals surface area contributed by atoms with Gasteiger partial charge in [-0.3, -0.25) is 14.5 Å². The molecule has 4 amide bonds. The molecule has 3 rings (SSSR count). The van der Waals surface area contributed by atoms with E-state index in [4.69, 9.17) is 5.73 Å². The van der Waals surface area contributed by atoms with E-state index in [0.29, 0.717) is 13.0 Å². The van der Waals surface area contributed by atoms with Gasteiger partial charge < -0.3 is 21.3 Å². The van der Waals surface area contributed by atoms with Crippen molar-refractivity contribution in [1.82, 2.24) is 20.4 Å². The first-order valence-corrected chi connectivity index (χ1v) is 10.7. The number of hydrogen-bond acceptors (Lipinski definition) is 4. The summed E-state index contributed by atoms with van der Waals surface area (Å²) in [5.41, 5.74) is 6.09. The van der Waals surface area contributed by atoms with Crippen LogP contribution in [0.4, 0.5) is 9.18 Å². The van der Waals surface area contributed by atoms with Crippen molar-refractivity contribution in [3.8, 4) is 0 Å². The molecule has 31 heavy (non-hydrogen) atoms. The maximum atomic E-state index is 13.7. The number of rotatable bonds is 5. The minimum absolute atomic E-state index is 0.0570. The van der Waals surface area contributed by atoms with Crippen LogP contribution in [0.1, 0.15) is 42.5 Å². The molecule has 0 radical (unpaired) electrons. The molecule has 1 aromatic rings. The van der Waals surface area contributed by atoms with Crippen LogP contribution < -0.4 is 16.4 Å². The van der Waals surface area contributed by atoms with Crippen molar-refractivity contribution in [2.45, 2.75) is 50.4 Å². The second-order valence-corrected chi connectivity index (χ2v) is 8.02. The molecule has 1 aliphatic carbocycles. The van der Waals surface area contributed by atoms with Crippen LogP contribution in [-0.2, 0) is 4.79 Å². The summed E-state index contributed by atoms with van der Waals surface area (Å²) in [4.78, 5) is 41.9. The highest BCUT2D eigenvalue weighted by molar-refractivity contribution is 5.98. The zero-order valence-electron chi connectivity index (χ0n) is 17.6. The zero-order valence-corrected chi connectivity index (χ0v) is 17.6. The van der Waals surface area contributed by atoms with Gasteiger partial charge in [0.05, 0.1) is 0 Å². The van der Waals surface area contributed by atoms with Crippen molar-refractivity contribution in [2.75, 3.05) is 19.6 Å². The summed E-state index contributed by atoms with van der Waals surface area (Å²) in [6.07, 6.45) is 4.05. The monoisotopic (exact) mass is 431 g/mol. The summed E-state index contributed by atoms with van der Waals surface area (Å²) in [5, 5.41) is 5.67. The molecule has 0 spiro atoms. The average Bonchev–Trinajstić information content (AvgIpc) is 2.78. The molecular formula is C22H30FN5O3. The van der Waals surface area contributed by atoms with Gasteiger partial charge in [-0.1, -0.05) is 12.1 Å². The number of benzene rings is 1. The molecule has 1 heterocycles. The molecule has 1 saturated heterocycles. The van der Waals surface area contributed by atoms with Gasteiger partial charge in [0.15, 0.2) is 6.17 Å². The average molecular weight is 432 g/mol. The smallest absolute Gasteiger partial charge is 0.319 e. The summed E-state index contributed by atoms with van der Waals surface area (Å²) in [7, 11) is 0. The number of hydrogen-bond donors (Lipinski definition) is 3. The number of carbonyl (C=O) groups excluding carboxylic acids is 3. The van der Waals surface area contributed by atoms with Crippen LogP contribution >= 0.6 is 0 Å². The Kier molecular flexibility index (Phi) is 7.62. The van der Waals surface area contributed by atoms with Gasteiger partial charge in [0.1, 0.15) is 5.82 Å². The molecule has 2 fully saturated rings. The lowest BCUT2D eigenvalue weighted by atomic mass is 9.91. The third-order valence-electron chi connectivity index (χ3n) is 5.73. The quantitative estimate of drug-likeness (QED) is 0.615. The first kappa shape index (κ1) is 22.7. The fraction of sp³-hybridized carbons (Fsp3) is 0.500. The highest BCUT2D eigenvalue weighted by atomic mass is 19.1. The van der Waals surface area contributed by atoms with E-state index < -0.39 is 29.8 Å². The van der Waals surface area contributed by atoms with Gasteiger partial charge in [0, 0.05) is 37.3 Å². The lowest BCUT2D eigenvalue weighted by Crippen LogP contribution is -2.65. The van der Waals surface area contributed by atoms with Gasteiger partial charge in [-0.15, -0.1) is 6.58 Å². The number of nitrogens with zero attached hydrogens (tertiary/aromatic N) is 2. The van der Waals surface area contributed by atoms with Crippen molar-refractivity contribution in [3.63, 3.8) is 0 Å². The van der Waals surface area contributed by atoms with Crippen LogP contribution in [0.3, 0.4) is 0 Å². The van der Waals surface area contributed by atoms with Crippen LogP contribution in [0.5, 0.6) is 0 Å². The van der Waals surface area contributed by atoms with Crippen molar-refractivity contribution >= 4 is 17.8 Å². The van der Waals surface area contributed by atoms with Crippen molar-refractivity contribution < 1.29 is 18.8 Å². The number of amides is 4. The standard InChI is InChI=1S/C22H30FN5O3/c1-2-11-25-22(31)28-13-4-12-27(21(30)15-5-3-6-16(23)14-15)20(28)19(29)26-18-9-7-17(24)8-10-18/h2-3,5-6,14,17-18,20H,1,4,7-13,24H2,(H,25,31)(H,26,29). The van der Waals surface area contributed by atoms with Crippen LogP contribution in [0.2, 0.25) is 0 Å². The Bertz CT molecular complexity index is 825. The van der Waals surface area contributed by atoms with Crippen molar-refractivity contribution in [1.29, 1.82) is 0 Å². The SMILES string of the molecule is C=CCNC(=O)N1CCCN(C(=O)c2cccc(F)c2)C1C(=O)NC1CCC(N)CC1. The van der Waals surface area contributed by atoms with E-state index in [1.54, 1.807) is 0 Å². The summed E-state index contributed by atoms with van der Waals surface area (Å²) >= 11 is 0. The van der Waals surface area contributed by atoms with Gasteiger partial charge in [-0.25, -0.2) is 9.18 Å². The van der Waals surface area contributed by atoms with Crippen molar-refractivity contribution in [3.05, 3.63) is 48.3 Å². The number of urea groups is 1. The molecule has 1 aromatic carbocycles. The predicted octanol–water partition coefficient (Wildman–Crippen LogP) is 1.58. The third kappa shape index (κ3) is 5.61. The van der Waals surface area contributed by atoms with Crippen molar-refractivity contribution in [2.24, 2.45) is 5.73 Å². The molecule has 1 aliphatic heterocycles. The molecule has 4 N–H and O–H groups in total. The largest absolute Gasteiger partial charge is 0.350 e. The Morgan fingerprint density at radius 3 is 2.55 bits per heavy atom.